The number of amides is 1. The molecule has 3 rings (SSSR count). The van der Waals surface area contributed by atoms with E-state index in [2.05, 4.69) is 11.0 Å². The van der Waals surface area contributed by atoms with Crippen LogP contribution in [0.15, 0.2) is 54.6 Å². The lowest BCUT2D eigenvalue weighted by Crippen LogP contribution is -2.48. The molecule has 1 saturated heterocycles. The van der Waals surface area contributed by atoms with E-state index in [1.54, 1.807) is 13.2 Å². The summed E-state index contributed by atoms with van der Waals surface area (Å²) in [4.78, 5) is 16.7. The molecule has 0 aromatic heterocycles. The fourth-order valence-corrected chi connectivity index (χ4v) is 3.16. The fraction of sp³-hybridized carbons (Fsp3) is 0.318. The summed E-state index contributed by atoms with van der Waals surface area (Å²) in [7, 11) is 1.67. The van der Waals surface area contributed by atoms with Crippen molar-refractivity contribution < 1.29 is 14.3 Å². The van der Waals surface area contributed by atoms with E-state index in [1.165, 1.54) is 0 Å². The Kier molecular flexibility index (Phi) is 6.36. The Labute approximate surface area is 160 Å². The highest BCUT2D eigenvalue weighted by atomic mass is 16.5. The summed E-state index contributed by atoms with van der Waals surface area (Å²) in [6.45, 7) is 5.57. The molecule has 5 heteroatoms. The van der Waals surface area contributed by atoms with E-state index in [-0.39, 0.29) is 5.91 Å². The number of benzene rings is 2. The van der Waals surface area contributed by atoms with Crippen LogP contribution in [0.3, 0.4) is 0 Å². The van der Waals surface area contributed by atoms with Crippen LogP contribution in [0, 0.1) is 0 Å². The van der Waals surface area contributed by atoms with Gasteiger partial charge >= 0.3 is 0 Å². The molecule has 1 aliphatic heterocycles. The first-order valence-corrected chi connectivity index (χ1v) is 9.29. The van der Waals surface area contributed by atoms with Crippen molar-refractivity contribution in [1.29, 1.82) is 0 Å². The van der Waals surface area contributed by atoms with Crippen LogP contribution in [0.1, 0.15) is 12.5 Å². The first-order valence-electron chi connectivity index (χ1n) is 9.29. The van der Waals surface area contributed by atoms with Gasteiger partial charge in [-0.25, -0.2) is 0 Å². The van der Waals surface area contributed by atoms with Crippen molar-refractivity contribution in [1.82, 2.24) is 4.90 Å². The zero-order valence-corrected chi connectivity index (χ0v) is 15.9. The van der Waals surface area contributed by atoms with Crippen molar-refractivity contribution in [3.8, 4) is 11.5 Å². The average molecular weight is 366 g/mol. The van der Waals surface area contributed by atoms with Gasteiger partial charge in [0.2, 0.25) is 5.91 Å². The molecule has 1 amide bonds. The Balaban J connectivity index is 1.58. The molecule has 0 bridgehead atoms. The number of methoxy groups -OCH3 is 1. The van der Waals surface area contributed by atoms with Gasteiger partial charge in [-0.15, -0.1) is 0 Å². The van der Waals surface area contributed by atoms with Gasteiger partial charge in [-0.05, 0) is 31.2 Å². The summed E-state index contributed by atoms with van der Waals surface area (Å²) in [6.07, 6.45) is 3.47. The van der Waals surface area contributed by atoms with E-state index in [1.807, 2.05) is 60.4 Å². The molecule has 0 N–H and O–H groups in total. The maximum atomic E-state index is 12.5. The molecule has 27 heavy (non-hydrogen) atoms. The highest BCUT2D eigenvalue weighted by molar-refractivity contribution is 5.92. The second-order valence-electron chi connectivity index (χ2n) is 6.32. The first kappa shape index (κ1) is 18.8. The zero-order valence-electron chi connectivity index (χ0n) is 15.9. The number of anilines is 1. The van der Waals surface area contributed by atoms with Gasteiger partial charge in [0.1, 0.15) is 11.5 Å². The summed E-state index contributed by atoms with van der Waals surface area (Å²) < 4.78 is 10.9. The highest BCUT2D eigenvalue weighted by Gasteiger charge is 2.20. The normalized spacial score (nSPS) is 14.4. The number of carbonyl (C=O) groups is 1. The number of hydrogen-bond donors (Lipinski definition) is 0. The summed E-state index contributed by atoms with van der Waals surface area (Å²) in [5.41, 5.74) is 2.05. The monoisotopic (exact) mass is 366 g/mol. The van der Waals surface area contributed by atoms with Gasteiger partial charge in [-0.1, -0.05) is 24.3 Å². The van der Waals surface area contributed by atoms with Crippen molar-refractivity contribution in [2.24, 2.45) is 0 Å². The van der Waals surface area contributed by atoms with E-state index in [4.69, 9.17) is 9.47 Å². The second kappa shape index (κ2) is 9.12. The van der Waals surface area contributed by atoms with Crippen molar-refractivity contribution in [2.45, 2.75) is 6.92 Å². The molecule has 1 aliphatic rings. The Hall–Kier alpha value is -2.95. The minimum Gasteiger partial charge on any atom is -0.497 e. The molecular formula is C22H26N2O3. The van der Waals surface area contributed by atoms with Crippen molar-refractivity contribution in [3.05, 3.63) is 60.2 Å². The Bertz CT molecular complexity index is 796. The van der Waals surface area contributed by atoms with E-state index < -0.39 is 0 Å². The SMILES string of the molecule is CCOc1ccccc1C=CC(=O)N1CCN(c2cccc(OC)c2)CC1. The quantitative estimate of drug-likeness (QED) is 0.735. The topological polar surface area (TPSA) is 42.0 Å². The van der Waals surface area contributed by atoms with E-state index in [0.717, 1.165) is 35.8 Å². The zero-order chi connectivity index (χ0) is 19.1. The Morgan fingerprint density at radius 3 is 2.59 bits per heavy atom. The van der Waals surface area contributed by atoms with Crippen molar-refractivity contribution in [3.63, 3.8) is 0 Å². The van der Waals surface area contributed by atoms with E-state index in [9.17, 15) is 4.79 Å². The fourth-order valence-electron chi connectivity index (χ4n) is 3.16. The molecule has 1 fully saturated rings. The van der Waals surface area contributed by atoms with Crippen LogP contribution < -0.4 is 14.4 Å². The molecule has 1 heterocycles. The smallest absolute Gasteiger partial charge is 0.246 e. The molecule has 0 atom stereocenters. The van der Waals surface area contributed by atoms with Gasteiger partial charge in [-0.3, -0.25) is 4.79 Å². The number of piperazine rings is 1. The Morgan fingerprint density at radius 2 is 1.85 bits per heavy atom. The van der Waals surface area contributed by atoms with Crippen LogP contribution in [0.4, 0.5) is 5.69 Å². The van der Waals surface area contributed by atoms with E-state index >= 15 is 0 Å². The molecule has 0 saturated carbocycles. The van der Waals surface area contributed by atoms with Crippen LogP contribution in [0.25, 0.3) is 6.08 Å². The van der Waals surface area contributed by atoms with Crippen LogP contribution in [0.5, 0.6) is 11.5 Å². The predicted octanol–water partition coefficient (Wildman–Crippen LogP) is 3.46. The van der Waals surface area contributed by atoms with Gasteiger partial charge in [0.05, 0.1) is 13.7 Å². The van der Waals surface area contributed by atoms with Crippen LogP contribution in [-0.2, 0) is 4.79 Å². The van der Waals surface area contributed by atoms with Crippen LogP contribution >= 0.6 is 0 Å². The van der Waals surface area contributed by atoms with Gasteiger partial charge in [-0.2, -0.15) is 0 Å². The minimum atomic E-state index is 0.0339. The minimum absolute atomic E-state index is 0.0339. The van der Waals surface area contributed by atoms with Gasteiger partial charge in [0.15, 0.2) is 0 Å². The molecule has 5 nitrogen and oxygen atoms in total. The maximum Gasteiger partial charge on any atom is 0.246 e. The lowest BCUT2D eigenvalue weighted by molar-refractivity contribution is -0.126. The summed E-state index contributed by atoms with van der Waals surface area (Å²) in [6, 6.07) is 15.8. The second-order valence-corrected chi connectivity index (χ2v) is 6.32. The molecule has 0 spiro atoms. The number of ether oxygens (including phenoxy) is 2. The van der Waals surface area contributed by atoms with E-state index in [0.29, 0.717) is 19.7 Å². The molecule has 2 aromatic carbocycles. The summed E-state index contributed by atoms with van der Waals surface area (Å²) >= 11 is 0. The number of rotatable bonds is 6. The molecule has 0 unspecified atom stereocenters. The van der Waals surface area contributed by atoms with Crippen molar-refractivity contribution >= 4 is 17.7 Å². The third-order valence-electron chi connectivity index (χ3n) is 4.63. The van der Waals surface area contributed by atoms with Gasteiger partial charge < -0.3 is 19.3 Å². The van der Waals surface area contributed by atoms with Gasteiger partial charge in [0.25, 0.3) is 0 Å². The Morgan fingerprint density at radius 1 is 1.07 bits per heavy atom. The number of carbonyl (C=O) groups excluding carboxylic acids is 1. The highest BCUT2D eigenvalue weighted by Crippen LogP contribution is 2.22. The average Bonchev–Trinajstić information content (AvgIpc) is 2.73. The molecular weight excluding hydrogens is 340 g/mol. The standard InChI is InChI=1S/C22H26N2O3/c1-3-27-21-10-5-4-7-18(21)11-12-22(25)24-15-13-23(14-16-24)19-8-6-9-20(17-19)26-2/h4-12,17H,3,13-16H2,1-2H3. The van der Waals surface area contributed by atoms with Gasteiger partial charge in [0, 0.05) is 49.6 Å². The predicted molar refractivity (Wildman–Crippen MR) is 108 cm³/mol. The maximum absolute atomic E-state index is 12.5. The summed E-state index contributed by atoms with van der Waals surface area (Å²) in [5, 5.41) is 0. The largest absolute Gasteiger partial charge is 0.497 e. The molecule has 142 valence electrons. The number of para-hydroxylation sites is 1. The molecule has 2 aromatic rings. The lowest BCUT2D eigenvalue weighted by atomic mass is 10.2. The molecule has 0 radical (unpaired) electrons. The number of hydrogen-bond acceptors (Lipinski definition) is 4. The lowest BCUT2D eigenvalue weighted by Gasteiger charge is -2.35. The van der Waals surface area contributed by atoms with Crippen LogP contribution in [-0.4, -0.2) is 50.7 Å². The third kappa shape index (κ3) is 4.82. The first-order chi connectivity index (χ1) is 13.2. The van der Waals surface area contributed by atoms with Crippen molar-refractivity contribution in [2.75, 3.05) is 44.8 Å². The third-order valence-corrected chi connectivity index (χ3v) is 4.63. The summed E-state index contributed by atoms with van der Waals surface area (Å²) in [5.74, 6) is 1.68. The van der Waals surface area contributed by atoms with Crippen LogP contribution in [0.2, 0.25) is 0 Å². The molecule has 0 aliphatic carbocycles. The number of nitrogens with zero attached hydrogens (tertiary/aromatic N) is 2.